The number of hydrogen-bond acceptors (Lipinski definition) is 7. The Hall–Kier alpha value is -2.73. The van der Waals surface area contributed by atoms with Crippen LogP contribution in [-0.2, 0) is 10.0 Å². The van der Waals surface area contributed by atoms with E-state index in [0.717, 1.165) is 6.07 Å². The van der Waals surface area contributed by atoms with Gasteiger partial charge < -0.3 is 10.3 Å². The Morgan fingerprint density at radius 1 is 1.38 bits per heavy atom. The number of sulfonamides is 1. The molecule has 2 heterocycles. The van der Waals surface area contributed by atoms with E-state index in [9.17, 15) is 23.2 Å². The Balaban J connectivity index is 2.23. The van der Waals surface area contributed by atoms with Gasteiger partial charge in [0.15, 0.2) is 0 Å². The molecule has 0 bridgehead atoms. The third-order valence-electron chi connectivity index (χ3n) is 2.78. The van der Waals surface area contributed by atoms with Gasteiger partial charge in [0.05, 0.1) is 5.69 Å². The molecule has 0 aromatic carbocycles. The number of aryl methyl sites for hydroxylation is 2. The minimum absolute atomic E-state index is 0.256. The highest BCUT2D eigenvalue weighted by Crippen LogP contribution is 2.21. The third-order valence-corrected chi connectivity index (χ3v) is 5.18. The number of rotatable bonds is 4. The number of aromatic nitrogens is 2. The summed E-state index contributed by atoms with van der Waals surface area (Å²) >= 11 is 0.705. The lowest BCUT2D eigenvalue weighted by Crippen LogP contribution is -2.41. The molecule has 2 aromatic rings. The van der Waals surface area contributed by atoms with Gasteiger partial charge in [-0.15, -0.1) is 11.3 Å². The van der Waals surface area contributed by atoms with Crippen LogP contribution in [0.4, 0.5) is 10.7 Å². The molecule has 128 valence electrons. The fourth-order valence-electron chi connectivity index (χ4n) is 1.82. The van der Waals surface area contributed by atoms with Gasteiger partial charge in [-0.05, 0) is 25.3 Å². The van der Waals surface area contributed by atoms with Crippen LogP contribution in [-0.4, -0.2) is 30.5 Å². The topological polar surface area (TPSA) is 152 Å². The second-order valence-electron chi connectivity index (χ2n) is 4.64. The first kappa shape index (κ1) is 17.6. The highest BCUT2D eigenvalue weighted by molar-refractivity contribution is 7.90. The van der Waals surface area contributed by atoms with Crippen molar-refractivity contribution in [1.29, 1.82) is 0 Å². The molecule has 0 spiro atoms. The molecule has 0 aliphatic carbocycles. The van der Waals surface area contributed by atoms with Crippen LogP contribution in [0.5, 0.6) is 0 Å². The number of aromatic carboxylic acids is 1. The molecular weight excluding hydrogens is 360 g/mol. The molecule has 2 amide bonds. The van der Waals surface area contributed by atoms with E-state index in [0.29, 0.717) is 21.8 Å². The second-order valence-corrected chi connectivity index (χ2v) is 7.20. The molecule has 0 saturated heterocycles. The molecule has 0 aliphatic heterocycles. The number of nitrogens with zero attached hydrogens (tertiary/aromatic N) is 2. The van der Waals surface area contributed by atoms with Crippen LogP contribution < -0.4 is 14.8 Å². The van der Waals surface area contributed by atoms with Crippen molar-refractivity contribution in [3.63, 3.8) is 0 Å². The lowest BCUT2D eigenvalue weighted by atomic mass is 10.3. The normalized spacial score (nSPS) is 11.1. The SMILES string of the molecule is Cc1cc(C)[n+]([O-])c(NC(=O)NS(=O)(=O)c2ccsc2C(=O)O)n1. The van der Waals surface area contributed by atoms with E-state index >= 15 is 0 Å². The maximum atomic E-state index is 12.1. The van der Waals surface area contributed by atoms with Crippen LogP contribution >= 0.6 is 11.3 Å². The quantitative estimate of drug-likeness (QED) is 0.525. The van der Waals surface area contributed by atoms with Gasteiger partial charge in [-0.2, -0.15) is 5.32 Å². The molecule has 0 saturated carbocycles. The van der Waals surface area contributed by atoms with Crippen LogP contribution in [0.25, 0.3) is 0 Å². The van der Waals surface area contributed by atoms with Gasteiger partial charge in [0, 0.05) is 6.07 Å². The highest BCUT2D eigenvalue weighted by atomic mass is 32.2. The summed E-state index contributed by atoms with van der Waals surface area (Å²) in [6.45, 7) is 3.09. The van der Waals surface area contributed by atoms with Crippen molar-refractivity contribution in [2.45, 2.75) is 18.7 Å². The van der Waals surface area contributed by atoms with Crippen LogP contribution in [0, 0.1) is 19.1 Å². The molecule has 0 radical (unpaired) electrons. The summed E-state index contributed by atoms with van der Waals surface area (Å²) in [7, 11) is -4.42. The van der Waals surface area contributed by atoms with Crippen molar-refractivity contribution >= 4 is 39.3 Å². The van der Waals surface area contributed by atoms with E-state index in [2.05, 4.69) is 4.98 Å². The lowest BCUT2D eigenvalue weighted by Gasteiger charge is -2.11. The molecule has 0 unspecified atom stereocenters. The minimum Gasteiger partial charge on any atom is -0.740 e. The zero-order valence-corrected chi connectivity index (χ0v) is 14.1. The van der Waals surface area contributed by atoms with Crippen LogP contribution in [0.2, 0.25) is 0 Å². The van der Waals surface area contributed by atoms with Gasteiger partial charge in [-0.25, -0.2) is 27.5 Å². The summed E-state index contributed by atoms with van der Waals surface area (Å²) in [5.74, 6) is -1.83. The van der Waals surface area contributed by atoms with Crippen molar-refractivity contribution in [3.05, 3.63) is 39.0 Å². The largest absolute Gasteiger partial charge is 0.740 e. The smallest absolute Gasteiger partial charge is 0.401 e. The molecule has 12 heteroatoms. The van der Waals surface area contributed by atoms with Crippen molar-refractivity contribution in [3.8, 4) is 0 Å². The fourth-order valence-corrected chi connectivity index (χ4v) is 3.99. The minimum atomic E-state index is -4.42. The Labute approximate surface area is 140 Å². The lowest BCUT2D eigenvalue weighted by molar-refractivity contribution is -0.599. The third kappa shape index (κ3) is 3.60. The average molecular weight is 372 g/mol. The molecule has 2 aromatic heterocycles. The van der Waals surface area contributed by atoms with E-state index in [-0.39, 0.29) is 5.69 Å². The number of carboxylic acids is 1. The van der Waals surface area contributed by atoms with E-state index in [4.69, 9.17) is 5.11 Å². The van der Waals surface area contributed by atoms with Gasteiger partial charge in [0.25, 0.3) is 10.0 Å². The fraction of sp³-hybridized carbons (Fsp3) is 0.167. The highest BCUT2D eigenvalue weighted by Gasteiger charge is 2.27. The van der Waals surface area contributed by atoms with E-state index in [1.54, 1.807) is 11.6 Å². The average Bonchev–Trinajstić information content (AvgIpc) is 2.94. The summed E-state index contributed by atoms with van der Waals surface area (Å²) in [5, 5.41) is 24.0. The van der Waals surface area contributed by atoms with E-state index in [1.165, 1.54) is 18.4 Å². The van der Waals surface area contributed by atoms with Gasteiger partial charge in [-0.1, -0.05) is 4.98 Å². The molecular formula is C12H12N4O6S2. The zero-order valence-electron chi connectivity index (χ0n) is 12.4. The maximum absolute atomic E-state index is 12.1. The van der Waals surface area contributed by atoms with Gasteiger partial charge in [-0.3, -0.25) is 0 Å². The van der Waals surface area contributed by atoms with Crippen molar-refractivity contribution < 1.29 is 27.8 Å². The van der Waals surface area contributed by atoms with Crippen molar-refractivity contribution in [1.82, 2.24) is 9.71 Å². The standard InChI is InChI=1S/C12H12N4O6S2/c1-6-5-7(2)16(20)11(13-6)14-12(19)15-24(21,22)8-3-4-23-9(8)10(17)18/h3-5H,1-2H3,(H,17,18)(H2,13,14,15,19). The molecule has 10 nitrogen and oxygen atoms in total. The van der Waals surface area contributed by atoms with Gasteiger partial charge >= 0.3 is 17.9 Å². The Bertz CT molecular complexity index is 922. The first-order valence-electron chi connectivity index (χ1n) is 6.34. The number of urea groups is 1. The molecule has 2 rings (SSSR count). The molecule has 0 atom stereocenters. The number of carbonyl (C=O) groups is 2. The number of anilines is 1. The number of nitrogens with one attached hydrogen (secondary N) is 2. The molecule has 3 N–H and O–H groups in total. The number of amides is 2. The van der Waals surface area contributed by atoms with Crippen molar-refractivity contribution in [2.24, 2.45) is 0 Å². The summed E-state index contributed by atoms with van der Waals surface area (Å²) in [6.07, 6.45) is 0. The Morgan fingerprint density at radius 2 is 2.04 bits per heavy atom. The maximum Gasteiger partial charge on any atom is 0.401 e. The van der Waals surface area contributed by atoms with E-state index < -0.39 is 37.7 Å². The van der Waals surface area contributed by atoms with Gasteiger partial charge in [0.1, 0.15) is 15.5 Å². The predicted molar refractivity (Wildman–Crippen MR) is 83.3 cm³/mol. The van der Waals surface area contributed by atoms with Crippen molar-refractivity contribution in [2.75, 3.05) is 5.32 Å². The second kappa shape index (κ2) is 6.41. The Kier molecular flexibility index (Phi) is 4.71. The summed E-state index contributed by atoms with van der Waals surface area (Å²) in [5.41, 5.74) is 0.704. The molecule has 0 fully saturated rings. The zero-order chi connectivity index (χ0) is 18.1. The summed E-state index contributed by atoms with van der Waals surface area (Å²) < 4.78 is 26.2. The number of hydrogen-bond donors (Lipinski definition) is 3. The first-order chi connectivity index (χ1) is 11.1. The van der Waals surface area contributed by atoms with Crippen LogP contribution in [0.15, 0.2) is 22.4 Å². The van der Waals surface area contributed by atoms with E-state index in [1.807, 2.05) is 5.32 Å². The monoisotopic (exact) mass is 372 g/mol. The van der Waals surface area contributed by atoms with Crippen LogP contribution in [0.3, 0.4) is 0 Å². The number of thiophene rings is 1. The molecule has 24 heavy (non-hydrogen) atoms. The molecule has 0 aliphatic rings. The van der Waals surface area contributed by atoms with Crippen LogP contribution in [0.1, 0.15) is 21.1 Å². The Morgan fingerprint density at radius 3 is 2.67 bits per heavy atom. The number of carbonyl (C=O) groups excluding carboxylic acids is 1. The first-order valence-corrected chi connectivity index (χ1v) is 8.70. The summed E-state index contributed by atoms with van der Waals surface area (Å²) in [4.78, 5) is 25.7. The summed E-state index contributed by atoms with van der Waals surface area (Å²) in [6, 6.07) is 1.31. The van der Waals surface area contributed by atoms with Gasteiger partial charge in [0.2, 0.25) is 0 Å². The number of carboxylic acid groups (broad SMARTS) is 1. The predicted octanol–water partition coefficient (Wildman–Crippen LogP) is 0.602.